The number of aliphatic carboxylic acids is 4. The summed E-state index contributed by atoms with van der Waals surface area (Å²) in [5.41, 5.74) is 4.57. The Balaban J connectivity index is 0.000000290. The third-order valence-electron chi connectivity index (χ3n) is 6.57. The van der Waals surface area contributed by atoms with Crippen LogP contribution < -0.4 is 0 Å². The second-order valence-electron chi connectivity index (χ2n) is 9.31. The van der Waals surface area contributed by atoms with Crippen molar-refractivity contribution in [2.45, 2.75) is 51.4 Å². The van der Waals surface area contributed by atoms with Crippen LogP contribution in [-0.2, 0) is 32.3 Å². The van der Waals surface area contributed by atoms with E-state index in [0.717, 1.165) is 19.1 Å². The average molecular weight is 553 g/mol. The lowest BCUT2D eigenvalue weighted by Gasteiger charge is -2.39. The lowest BCUT2D eigenvalue weighted by molar-refractivity contribution is -0.134. The van der Waals surface area contributed by atoms with Gasteiger partial charge in [0.1, 0.15) is 0 Å². The van der Waals surface area contributed by atoms with Crippen LogP contribution in [0.3, 0.4) is 0 Å². The highest BCUT2D eigenvalue weighted by Gasteiger charge is 2.34. The maximum Gasteiger partial charge on any atom is 0.328 e. The normalized spacial score (nSPS) is 17.4. The van der Waals surface area contributed by atoms with E-state index in [1.54, 1.807) is 11.1 Å². The first-order valence-corrected chi connectivity index (χ1v) is 13.0. The summed E-state index contributed by atoms with van der Waals surface area (Å²) in [6.07, 6.45) is 6.06. The molecule has 0 bridgehead atoms. The molecule has 10 nitrogen and oxygen atoms in total. The van der Waals surface area contributed by atoms with Gasteiger partial charge in [-0.1, -0.05) is 61.5 Å². The number of likely N-dealkylation sites (tertiary alicyclic amines) is 1. The number of carboxylic acids is 4. The highest BCUT2D eigenvalue weighted by atomic mass is 16.4. The van der Waals surface area contributed by atoms with Crippen molar-refractivity contribution in [3.05, 3.63) is 95.6 Å². The Morgan fingerprint density at radius 1 is 0.750 bits per heavy atom. The van der Waals surface area contributed by atoms with E-state index < -0.39 is 23.9 Å². The Kier molecular flexibility index (Phi) is 13.3. The Labute approximate surface area is 233 Å². The number of benzene rings is 2. The average Bonchev–Trinajstić information content (AvgIpc) is 3.31. The molecule has 4 N–H and O–H groups in total. The molecular formula is C30H36N2O8. The van der Waals surface area contributed by atoms with Crippen molar-refractivity contribution in [1.82, 2.24) is 9.80 Å². The summed E-state index contributed by atoms with van der Waals surface area (Å²) in [5, 5.41) is 31.2. The van der Waals surface area contributed by atoms with Crippen molar-refractivity contribution >= 4 is 23.9 Å². The minimum absolute atomic E-state index is 0.558. The second-order valence-corrected chi connectivity index (χ2v) is 9.31. The highest BCUT2D eigenvalue weighted by molar-refractivity contribution is 5.90. The van der Waals surface area contributed by atoms with Gasteiger partial charge in [0, 0.05) is 49.5 Å². The summed E-state index contributed by atoms with van der Waals surface area (Å²) >= 11 is 0. The second kappa shape index (κ2) is 16.6. The van der Waals surface area contributed by atoms with Crippen LogP contribution in [-0.4, -0.2) is 73.2 Å². The van der Waals surface area contributed by atoms with E-state index >= 15 is 0 Å². The monoisotopic (exact) mass is 552 g/mol. The van der Waals surface area contributed by atoms with Crippen molar-refractivity contribution in [2.24, 2.45) is 0 Å². The first-order chi connectivity index (χ1) is 19.1. The zero-order valence-corrected chi connectivity index (χ0v) is 22.4. The first kappa shape index (κ1) is 31.9. The van der Waals surface area contributed by atoms with Gasteiger partial charge in [-0.15, -0.1) is 0 Å². The molecule has 2 aliphatic rings. The number of carboxylic acid groups (broad SMARTS) is 4. The fourth-order valence-corrected chi connectivity index (χ4v) is 4.86. The minimum Gasteiger partial charge on any atom is -0.478 e. The zero-order valence-electron chi connectivity index (χ0n) is 22.4. The van der Waals surface area contributed by atoms with Gasteiger partial charge in [0.2, 0.25) is 0 Å². The number of rotatable bonds is 8. The smallest absolute Gasteiger partial charge is 0.328 e. The lowest BCUT2D eigenvalue weighted by Crippen LogP contribution is -2.43. The first-order valence-electron chi connectivity index (χ1n) is 13.0. The van der Waals surface area contributed by atoms with Gasteiger partial charge in [-0.25, -0.2) is 19.2 Å². The SMILES string of the molecule is CCC1c2ccccc2CN1C1CCN(Cc2ccccc2)CC1.O=C(O)/C=C\C(=O)O.O=C(O)/C=C\C(=O)O. The topological polar surface area (TPSA) is 156 Å². The molecule has 1 unspecified atom stereocenters. The highest BCUT2D eigenvalue weighted by Crippen LogP contribution is 2.39. The lowest BCUT2D eigenvalue weighted by atomic mass is 9.99. The number of nitrogens with zero attached hydrogens (tertiary/aromatic N) is 2. The maximum absolute atomic E-state index is 9.55. The third-order valence-corrected chi connectivity index (χ3v) is 6.57. The van der Waals surface area contributed by atoms with E-state index in [0.29, 0.717) is 30.3 Å². The number of piperidine rings is 1. The fraction of sp³-hybridized carbons (Fsp3) is 0.333. The summed E-state index contributed by atoms with van der Waals surface area (Å²) in [5.74, 6) is -5.03. The fourth-order valence-electron chi connectivity index (χ4n) is 4.86. The summed E-state index contributed by atoms with van der Waals surface area (Å²) in [6, 6.07) is 21.3. The van der Waals surface area contributed by atoms with Gasteiger partial charge in [-0.3, -0.25) is 9.80 Å². The van der Waals surface area contributed by atoms with Crippen LogP contribution in [0.15, 0.2) is 78.9 Å². The van der Waals surface area contributed by atoms with Crippen molar-refractivity contribution in [3.63, 3.8) is 0 Å². The molecule has 0 radical (unpaired) electrons. The molecular weight excluding hydrogens is 516 g/mol. The molecule has 10 heteroatoms. The number of fused-ring (bicyclic) bond motifs is 1. The van der Waals surface area contributed by atoms with Crippen LogP contribution in [0.4, 0.5) is 0 Å². The van der Waals surface area contributed by atoms with Crippen LogP contribution in [0, 0.1) is 0 Å². The van der Waals surface area contributed by atoms with Gasteiger partial charge < -0.3 is 20.4 Å². The molecule has 0 saturated carbocycles. The Morgan fingerprint density at radius 3 is 1.70 bits per heavy atom. The Morgan fingerprint density at radius 2 is 1.23 bits per heavy atom. The van der Waals surface area contributed by atoms with Crippen molar-refractivity contribution in [3.8, 4) is 0 Å². The predicted molar refractivity (Wildman–Crippen MR) is 149 cm³/mol. The molecule has 1 atom stereocenters. The summed E-state index contributed by atoms with van der Waals surface area (Å²) in [7, 11) is 0. The van der Waals surface area contributed by atoms with Crippen molar-refractivity contribution < 1.29 is 39.6 Å². The van der Waals surface area contributed by atoms with E-state index in [9.17, 15) is 19.2 Å². The van der Waals surface area contributed by atoms with Crippen molar-refractivity contribution in [2.75, 3.05) is 13.1 Å². The van der Waals surface area contributed by atoms with Crippen LogP contribution >= 0.6 is 0 Å². The molecule has 2 aromatic carbocycles. The molecule has 0 amide bonds. The molecule has 0 spiro atoms. The third kappa shape index (κ3) is 11.2. The summed E-state index contributed by atoms with van der Waals surface area (Å²) < 4.78 is 0. The summed E-state index contributed by atoms with van der Waals surface area (Å²) in [6.45, 7) is 7.04. The van der Waals surface area contributed by atoms with E-state index in [1.807, 2.05) is 0 Å². The van der Waals surface area contributed by atoms with Gasteiger partial charge >= 0.3 is 23.9 Å². The van der Waals surface area contributed by atoms with E-state index in [2.05, 4.69) is 71.3 Å². The molecule has 1 saturated heterocycles. The largest absolute Gasteiger partial charge is 0.478 e. The van der Waals surface area contributed by atoms with Gasteiger partial charge in [0.25, 0.3) is 0 Å². The maximum atomic E-state index is 9.55. The Bertz CT molecular complexity index is 1120. The van der Waals surface area contributed by atoms with Crippen LogP contribution in [0.25, 0.3) is 0 Å². The van der Waals surface area contributed by atoms with Gasteiger partial charge in [-0.2, -0.15) is 0 Å². The molecule has 0 aliphatic carbocycles. The minimum atomic E-state index is -1.26. The van der Waals surface area contributed by atoms with E-state index in [-0.39, 0.29) is 0 Å². The molecule has 1 fully saturated rings. The standard InChI is InChI=1S/C22H28N2.2C4H4O4/c1-2-22-21-11-7-6-10-19(21)17-24(22)20-12-14-23(15-13-20)16-18-8-4-3-5-9-18;2*5-3(6)1-2-4(7)8/h3-11,20,22H,2,12-17H2,1H3;2*1-2H,(H,5,6)(H,7,8)/b;2*2-1-. The molecule has 0 aromatic heterocycles. The molecule has 2 aliphatic heterocycles. The molecule has 2 aromatic rings. The predicted octanol–water partition coefficient (Wildman–Crippen LogP) is 4.04. The van der Waals surface area contributed by atoms with Gasteiger partial charge in [-0.05, 0) is 49.0 Å². The number of hydrogen-bond acceptors (Lipinski definition) is 6. The number of carbonyl (C=O) groups is 4. The van der Waals surface area contributed by atoms with Gasteiger partial charge in [0.05, 0.1) is 0 Å². The summed E-state index contributed by atoms with van der Waals surface area (Å²) in [4.78, 5) is 43.6. The van der Waals surface area contributed by atoms with E-state index in [4.69, 9.17) is 20.4 Å². The molecule has 40 heavy (non-hydrogen) atoms. The zero-order chi connectivity index (χ0) is 29.5. The Hall–Kier alpha value is -4.28. The van der Waals surface area contributed by atoms with Gasteiger partial charge in [0.15, 0.2) is 0 Å². The van der Waals surface area contributed by atoms with Crippen LogP contribution in [0.5, 0.6) is 0 Å². The van der Waals surface area contributed by atoms with Crippen LogP contribution in [0.1, 0.15) is 48.9 Å². The van der Waals surface area contributed by atoms with Crippen LogP contribution in [0.2, 0.25) is 0 Å². The molecule has 4 rings (SSSR count). The quantitative estimate of drug-likeness (QED) is 0.353. The van der Waals surface area contributed by atoms with Crippen molar-refractivity contribution in [1.29, 1.82) is 0 Å². The molecule has 214 valence electrons. The van der Waals surface area contributed by atoms with E-state index in [1.165, 1.54) is 37.9 Å². The molecule has 2 heterocycles. The number of hydrogen-bond donors (Lipinski definition) is 4.